The maximum absolute atomic E-state index is 12.4. The molecule has 0 radical (unpaired) electrons. The van der Waals surface area contributed by atoms with Crippen molar-refractivity contribution in [2.75, 3.05) is 0 Å². The second-order valence-corrected chi connectivity index (χ2v) is 7.14. The quantitative estimate of drug-likeness (QED) is 0.726. The molecule has 1 aliphatic carbocycles. The van der Waals surface area contributed by atoms with Gasteiger partial charge in [-0.05, 0) is 50.8 Å². The number of pyridine rings is 1. The van der Waals surface area contributed by atoms with Gasteiger partial charge < -0.3 is 5.32 Å². The number of nitrogens with zero attached hydrogens (tertiary/aromatic N) is 4. The zero-order chi connectivity index (χ0) is 18.6. The lowest BCUT2D eigenvalue weighted by molar-refractivity contribution is 0.269. The molecule has 1 aliphatic rings. The first-order valence-corrected chi connectivity index (χ1v) is 9.43. The summed E-state index contributed by atoms with van der Waals surface area (Å²) in [6.45, 7) is 2.86. The Balaban J connectivity index is 1.41. The maximum atomic E-state index is 12.4. The number of aryl methyl sites for hydroxylation is 1. The molecule has 1 saturated carbocycles. The van der Waals surface area contributed by atoms with Gasteiger partial charge in [0, 0.05) is 47.9 Å². The molecule has 1 fully saturated rings. The molecule has 0 spiro atoms. The minimum Gasteiger partial charge on any atom is -0.310 e. The van der Waals surface area contributed by atoms with Gasteiger partial charge in [0.2, 0.25) is 0 Å². The summed E-state index contributed by atoms with van der Waals surface area (Å²) in [6, 6.07) is 7.86. The molecule has 2 N–H and O–H groups in total. The molecule has 27 heavy (non-hydrogen) atoms. The summed E-state index contributed by atoms with van der Waals surface area (Å²) in [4.78, 5) is 16.4. The topological polar surface area (TPSA) is 88.5 Å². The predicted molar refractivity (Wildman–Crippen MR) is 103 cm³/mol. The van der Waals surface area contributed by atoms with Crippen LogP contribution in [0.4, 0.5) is 0 Å². The average Bonchev–Trinajstić information content (AvgIpc) is 3.13. The van der Waals surface area contributed by atoms with Crippen molar-refractivity contribution < 1.29 is 0 Å². The van der Waals surface area contributed by atoms with E-state index in [0.717, 1.165) is 49.2 Å². The lowest BCUT2D eigenvalue weighted by atomic mass is 9.91. The van der Waals surface area contributed by atoms with Gasteiger partial charge in [0.1, 0.15) is 0 Å². The van der Waals surface area contributed by atoms with Gasteiger partial charge in [0.15, 0.2) is 0 Å². The largest absolute Gasteiger partial charge is 0.310 e. The van der Waals surface area contributed by atoms with Crippen molar-refractivity contribution in [2.24, 2.45) is 0 Å². The standard InChI is InChI=1S/C20H24N6O/c1-14-16(13-23-24-14)12-22-17-2-4-18(5-3-17)26-20(27)7-6-19(25-26)15-8-10-21-11-9-15/h6-11,13,17-18,22H,2-5,12H2,1H3,(H,23,24). The Morgan fingerprint density at radius 2 is 1.93 bits per heavy atom. The molecule has 4 rings (SSSR count). The first kappa shape index (κ1) is 17.6. The van der Waals surface area contributed by atoms with Crippen LogP contribution in [-0.2, 0) is 6.54 Å². The third-order valence-electron chi connectivity index (χ3n) is 5.36. The summed E-state index contributed by atoms with van der Waals surface area (Å²) in [5.41, 5.74) is 4.08. The molecule has 140 valence electrons. The fourth-order valence-corrected chi connectivity index (χ4v) is 3.70. The van der Waals surface area contributed by atoms with Crippen LogP contribution >= 0.6 is 0 Å². The van der Waals surface area contributed by atoms with Crippen LogP contribution in [0.25, 0.3) is 11.3 Å². The van der Waals surface area contributed by atoms with Crippen molar-refractivity contribution in [2.45, 2.75) is 51.2 Å². The van der Waals surface area contributed by atoms with Gasteiger partial charge in [-0.15, -0.1) is 0 Å². The van der Waals surface area contributed by atoms with Gasteiger partial charge in [0.05, 0.1) is 17.9 Å². The smallest absolute Gasteiger partial charge is 0.267 e. The SMILES string of the molecule is Cc1[nH]ncc1CNC1CCC(n2nc(-c3ccncc3)ccc2=O)CC1. The summed E-state index contributed by atoms with van der Waals surface area (Å²) in [7, 11) is 0. The number of hydrogen-bond acceptors (Lipinski definition) is 5. The van der Waals surface area contributed by atoms with Crippen LogP contribution in [0.1, 0.15) is 43.0 Å². The number of H-pyrrole nitrogens is 1. The van der Waals surface area contributed by atoms with E-state index < -0.39 is 0 Å². The van der Waals surface area contributed by atoms with Crippen LogP contribution < -0.4 is 10.9 Å². The second kappa shape index (κ2) is 7.84. The number of aromatic amines is 1. The Kier molecular flexibility index (Phi) is 5.11. The third-order valence-corrected chi connectivity index (χ3v) is 5.36. The van der Waals surface area contributed by atoms with E-state index in [4.69, 9.17) is 0 Å². The molecule has 0 aromatic carbocycles. The van der Waals surface area contributed by atoms with Gasteiger partial charge >= 0.3 is 0 Å². The highest BCUT2D eigenvalue weighted by Gasteiger charge is 2.24. The highest BCUT2D eigenvalue weighted by atomic mass is 16.1. The van der Waals surface area contributed by atoms with Crippen molar-refractivity contribution in [1.29, 1.82) is 0 Å². The Morgan fingerprint density at radius 1 is 1.15 bits per heavy atom. The van der Waals surface area contributed by atoms with Crippen LogP contribution in [0.3, 0.4) is 0 Å². The summed E-state index contributed by atoms with van der Waals surface area (Å²) in [5, 5.41) is 15.3. The summed E-state index contributed by atoms with van der Waals surface area (Å²) in [6.07, 6.45) is 9.34. The molecule has 0 amide bonds. The van der Waals surface area contributed by atoms with Crippen molar-refractivity contribution in [3.8, 4) is 11.3 Å². The first-order chi connectivity index (χ1) is 13.2. The Bertz CT molecular complexity index is 940. The second-order valence-electron chi connectivity index (χ2n) is 7.14. The van der Waals surface area contributed by atoms with Crippen LogP contribution in [0.15, 0.2) is 47.7 Å². The molecule has 3 aromatic heterocycles. The Hall–Kier alpha value is -2.80. The fraction of sp³-hybridized carbons (Fsp3) is 0.400. The van der Waals surface area contributed by atoms with Crippen molar-refractivity contribution in [3.05, 3.63) is 64.5 Å². The molecule has 0 saturated heterocycles. The van der Waals surface area contributed by atoms with Crippen molar-refractivity contribution in [3.63, 3.8) is 0 Å². The fourth-order valence-electron chi connectivity index (χ4n) is 3.70. The average molecular weight is 364 g/mol. The molecule has 0 bridgehead atoms. The molecule has 0 atom stereocenters. The number of nitrogens with one attached hydrogen (secondary N) is 2. The molecular formula is C20H24N6O. The minimum atomic E-state index is -0.0294. The van der Waals surface area contributed by atoms with E-state index in [1.807, 2.05) is 25.3 Å². The molecule has 3 aromatic rings. The Morgan fingerprint density at radius 3 is 2.63 bits per heavy atom. The van der Waals surface area contributed by atoms with E-state index >= 15 is 0 Å². The van der Waals surface area contributed by atoms with Gasteiger partial charge in [-0.25, -0.2) is 4.68 Å². The van der Waals surface area contributed by atoms with E-state index in [2.05, 4.69) is 25.6 Å². The molecule has 3 heterocycles. The maximum Gasteiger partial charge on any atom is 0.267 e. The summed E-state index contributed by atoms with van der Waals surface area (Å²) in [5.74, 6) is 0. The van der Waals surface area contributed by atoms with E-state index in [9.17, 15) is 4.79 Å². The van der Waals surface area contributed by atoms with E-state index in [1.54, 1.807) is 29.2 Å². The number of rotatable bonds is 5. The monoisotopic (exact) mass is 364 g/mol. The zero-order valence-corrected chi connectivity index (χ0v) is 15.4. The minimum absolute atomic E-state index is 0.0294. The van der Waals surface area contributed by atoms with E-state index in [0.29, 0.717) is 6.04 Å². The predicted octanol–water partition coefficient (Wildman–Crippen LogP) is 2.61. The van der Waals surface area contributed by atoms with Crippen molar-refractivity contribution in [1.82, 2.24) is 30.3 Å². The van der Waals surface area contributed by atoms with Gasteiger partial charge in [-0.1, -0.05) is 0 Å². The van der Waals surface area contributed by atoms with Crippen LogP contribution in [0, 0.1) is 6.92 Å². The normalized spacial score (nSPS) is 19.9. The summed E-state index contributed by atoms with van der Waals surface area (Å²) < 4.78 is 1.67. The zero-order valence-electron chi connectivity index (χ0n) is 15.4. The molecular weight excluding hydrogens is 340 g/mol. The third kappa shape index (κ3) is 3.98. The number of aromatic nitrogens is 5. The Labute approximate surface area is 157 Å². The van der Waals surface area contributed by atoms with Gasteiger partial charge in [-0.3, -0.25) is 14.9 Å². The molecule has 0 unspecified atom stereocenters. The molecule has 7 heteroatoms. The molecule has 7 nitrogen and oxygen atoms in total. The van der Waals surface area contributed by atoms with Crippen LogP contribution in [-0.4, -0.2) is 31.0 Å². The highest BCUT2D eigenvalue weighted by Crippen LogP contribution is 2.28. The van der Waals surface area contributed by atoms with E-state index in [1.165, 1.54) is 5.56 Å². The van der Waals surface area contributed by atoms with Crippen molar-refractivity contribution >= 4 is 0 Å². The summed E-state index contributed by atoms with van der Waals surface area (Å²) >= 11 is 0. The van der Waals surface area contributed by atoms with Crippen LogP contribution in [0.5, 0.6) is 0 Å². The first-order valence-electron chi connectivity index (χ1n) is 9.43. The van der Waals surface area contributed by atoms with Gasteiger partial charge in [-0.2, -0.15) is 10.2 Å². The lowest BCUT2D eigenvalue weighted by Crippen LogP contribution is -2.36. The molecule has 0 aliphatic heterocycles. The lowest BCUT2D eigenvalue weighted by Gasteiger charge is -2.29. The number of hydrogen-bond donors (Lipinski definition) is 2. The van der Waals surface area contributed by atoms with Gasteiger partial charge in [0.25, 0.3) is 5.56 Å². The van der Waals surface area contributed by atoms with E-state index in [-0.39, 0.29) is 11.6 Å². The van der Waals surface area contributed by atoms with Crippen LogP contribution in [0.2, 0.25) is 0 Å². The highest BCUT2D eigenvalue weighted by molar-refractivity contribution is 5.57.